The molecule has 0 spiro atoms. The quantitative estimate of drug-likeness (QED) is 0.359. The molecule has 0 aliphatic carbocycles. The van der Waals surface area contributed by atoms with Gasteiger partial charge in [-0.1, -0.05) is 93.6 Å². The van der Waals surface area contributed by atoms with Crippen molar-refractivity contribution in [1.29, 1.82) is 0 Å². The minimum absolute atomic E-state index is 0.0907. The molecule has 3 aromatic carbocycles. The van der Waals surface area contributed by atoms with Crippen LogP contribution in [0.1, 0.15) is 32.4 Å². The van der Waals surface area contributed by atoms with Crippen LogP contribution in [0.5, 0.6) is 0 Å². The molecule has 3 rings (SSSR count). The van der Waals surface area contributed by atoms with Gasteiger partial charge >= 0.3 is 0 Å². The fraction of sp³-hybridized carbons (Fsp3) is 0.217. The Kier molecular flexibility index (Phi) is 6.07. The van der Waals surface area contributed by atoms with Crippen LogP contribution in [0.4, 0.5) is 5.69 Å². The highest BCUT2D eigenvalue weighted by Gasteiger charge is 2.32. The maximum Gasteiger partial charge on any atom is 0.269 e. The maximum atomic E-state index is 11.3. The highest BCUT2D eigenvalue weighted by Crippen LogP contribution is 2.37. The van der Waals surface area contributed by atoms with E-state index >= 15 is 0 Å². The van der Waals surface area contributed by atoms with E-state index in [9.17, 15) is 10.1 Å². The molecular formula is C23H25NO3Si. The van der Waals surface area contributed by atoms with E-state index in [2.05, 4.69) is 45.0 Å². The van der Waals surface area contributed by atoms with E-state index in [-0.39, 0.29) is 22.1 Å². The Morgan fingerprint density at radius 3 is 1.86 bits per heavy atom. The lowest BCUT2D eigenvalue weighted by Gasteiger charge is -2.34. The first-order valence-electron chi connectivity index (χ1n) is 9.36. The molecule has 4 nitrogen and oxygen atoms in total. The Hall–Kier alpha value is -2.76. The first-order chi connectivity index (χ1) is 13.4. The number of hydrogen-bond acceptors (Lipinski definition) is 3. The molecule has 5 heteroatoms. The summed E-state index contributed by atoms with van der Waals surface area (Å²) < 4.78 is 6.82. The van der Waals surface area contributed by atoms with Crippen molar-refractivity contribution < 1.29 is 9.35 Å². The van der Waals surface area contributed by atoms with Crippen molar-refractivity contribution in [1.82, 2.24) is 0 Å². The van der Waals surface area contributed by atoms with Gasteiger partial charge in [-0.15, -0.1) is 0 Å². The molecule has 0 heterocycles. The standard InChI is InChI=1S/C23H25NO3Si/c1-23(2,3)22(18-11-10-12-19(17-18)24(25)26)27-28(20-13-6-4-7-14-20)21-15-8-5-9-16-21/h4-17,22,28H,1-3H3. The predicted molar refractivity (Wildman–Crippen MR) is 116 cm³/mol. The summed E-state index contributed by atoms with van der Waals surface area (Å²) in [5.41, 5.74) is 0.711. The van der Waals surface area contributed by atoms with Gasteiger partial charge in [0.2, 0.25) is 9.04 Å². The number of nitro benzene ring substituents is 1. The summed E-state index contributed by atoms with van der Waals surface area (Å²) in [4.78, 5) is 10.9. The molecule has 0 amide bonds. The average molecular weight is 392 g/mol. The molecule has 28 heavy (non-hydrogen) atoms. The van der Waals surface area contributed by atoms with E-state index < -0.39 is 9.04 Å². The topological polar surface area (TPSA) is 52.4 Å². The van der Waals surface area contributed by atoms with Crippen LogP contribution in [-0.2, 0) is 4.43 Å². The van der Waals surface area contributed by atoms with Gasteiger partial charge in [0.15, 0.2) is 0 Å². The molecule has 0 saturated heterocycles. The molecular weight excluding hydrogens is 366 g/mol. The van der Waals surface area contributed by atoms with Crippen LogP contribution in [-0.4, -0.2) is 14.0 Å². The number of nitro groups is 1. The number of hydrogen-bond donors (Lipinski definition) is 0. The van der Waals surface area contributed by atoms with Gasteiger partial charge in [-0.25, -0.2) is 0 Å². The highest BCUT2D eigenvalue weighted by atomic mass is 28.3. The Bertz CT molecular complexity index is 884. The third-order valence-electron chi connectivity index (χ3n) is 4.65. The second-order valence-electron chi connectivity index (χ2n) is 7.94. The summed E-state index contributed by atoms with van der Waals surface area (Å²) in [6.07, 6.45) is -0.260. The van der Waals surface area contributed by atoms with Gasteiger partial charge in [0.25, 0.3) is 5.69 Å². The predicted octanol–water partition coefficient (Wildman–Crippen LogP) is 4.24. The van der Waals surface area contributed by atoms with Crippen molar-refractivity contribution in [2.24, 2.45) is 5.41 Å². The number of non-ortho nitro benzene ring substituents is 1. The molecule has 0 aliphatic rings. The van der Waals surface area contributed by atoms with E-state index in [1.165, 1.54) is 16.4 Å². The Balaban J connectivity index is 2.04. The van der Waals surface area contributed by atoms with Crippen molar-refractivity contribution in [3.63, 3.8) is 0 Å². The smallest absolute Gasteiger partial charge is 0.269 e. The molecule has 0 saturated carbocycles. The maximum absolute atomic E-state index is 11.3. The second-order valence-corrected chi connectivity index (χ2v) is 10.3. The molecule has 0 bridgehead atoms. The zero-order valence-electron chi connectivity index (χ0n) is 16.4. The van der Waals surface area contributed by atoms with Gasteiger partial charge in [-0.2, -0.15) is 0 Å². The van der Waals surface area contributed by atoms with Gasteiger partial charge in [-0.3, -0.25) is 10.1 Å². The monoisotopic (exact) mass is 391 g/mol. The molecule has 1 unspecified atom stereocenters. The molecule has 0 radical (unpaired) electrons. The van der Waals surface area contributed by atoms with E-state index in [4.69, 9.17) is 4.43 Å². The molecule has 0 aromatic heterocycles. The van der Waals surface area contributed by atoms with E-state index in [0.29, 0.717) is 0 Å². The normalized spacial score (nSPS) is 12.7. The van der Waals surface area contributed by atoms with Crippen molar-refractivity contribution in [2.75, 3.05) is 0 Å². The Morgan fingerprint density at radius 1 is 0.857 bits per heavy atom. The summed E-state index contributed by atoms with van der Waals surface area (Å²) in [5.74, 6) is 0. The summed E-state index contributed by atoms with van der Waals surface area (Å²) in [6, 6.07) is 27.4. The molecule has 144 valence electrons. The van der Waals surface area contributed by atoms with E-state index in [1.54, 1.807) is 12.1 Å². The lowest BCUT2D eigenvalue weighted by atomic mass is 9.85. The fourth-order valence-electron chi connectivity index (χ4n) is 3.33. The fourth-order valence-corrected chi connectivity index (χ4v) is 6.01. The largest absolute Gasteiger partial charge is 0.403 e. The van der Waals surface area contributed by atoms with Crippen molar-refractivity contribution in [3.05, 3.63) is 101 Å². The minimum Gasteiger partial charge on any atom is -0.403 e. The van der Waals surface area contributed by atoms with E-state index in [0.717, 1.165) is 5.56 Å². The average Bonchev–Trinajstić information content (AvgIpc) is 2.69. The number of nitrogens with zero attached hydrogens (tertiary/aromatic N) is 1. The van der Waals surface area contributed by atoms with Crippen LogP contribution in [0, 0.1) is 15.5 Å². The van der Waals surface area contributed by atoms with Crippen molar-refractivity contribution >= 4 is 25.1 Å². The van der Waals surface area contributed by atoms with Crippen LogP contribution >= 0.6 is 0 Å². The van der Waals surface area contributed by atoms with Gasteiger partial charge in [0.1, 0.15) is 0 Å². The zero-order chi connectivity index (χ0) is 20.1. The second kappa shape index (κ2) is 8.50. The SMILES string of the molecule is CC(C)(C)C(O[SiH](c1ccccc1)c1ccccc1)c1cccc([N+](=O)[O-])c1. The summed E-state index contributed by atoms with van der Waals surface area (Å²) in [6.45, 7) is 6.33. The summed E-state index contributed by atoms with van der Waals surface area (Å²) in [5, 5.41) is 13.6. The minimum atomic E-state index is -1.99. The Morgan fingerprint density at radius 2 is 1.39 bits per heavy atom. The lowest BCUT2D eigenvalue weighted by Crippen LogP contribution is -2.47. The highest BCUT2D eigenvalue weighted by molar-refractivity contribution is 6.80. The third kappa shape index (κ3) is 4.74. The first-order valence-corrected chi connectivity index (χ1v) is 11.0. The van der Waals surface area contributed by atoms with E-state index in [1.807, 2.05) is 42.5 Å². The summed E-state index contributed by atoms with van der Waals surface area (Å²) in [7, 11) is -1.99. The zero-order valence-corrected chi connectivity index (χ0v) is 17.6. The number of benzene rings is 3. The van der Waals surface area contributed by atoms with Crippen LogP contribution in [0.2, 0.25) is 0 Å². The molecule has 0 N–H and O–H groups in total. The number of rotatable bonds is 6. The van der Waals surface area contributed by atoms with Gasteiger partial charge < -0.3 is 4.43 Å². The van der Waals surface area contributed by atoms with Crippen LogP contribution < -0.4 is 10.4 Å². The Labute approximate surface area is 167 Å². The van der Waals surface area contributed by atoms with Crippen LogP contribution in [0.15, 0.2) is 84.9 Å². The molecule has 3 aromatic rings. The van der Waals surface area contributed by atoms with Gasteiger partial charge in [0.05, 0.1) is 11.0 Å². The molecule has 0 fully saturated rings. The van der Waals surface area contributed by atoms with Gasteiger partial charge in [-0.05, 0) is 21.4 Å². The van der Waals surface area contributed by atoms with Crippen LogP contribution in [0.3, 0.4) is 0 Å². The molecule has 0 aliphatic heterocycles. The summed E-state index contributed by atoms with van der Waals surface area (Å²) >= 11 is 0. The van der Waals surface area contributed by atoms with Crippen molar-refractivity contribution in [2.45, 2.75) is 26.9 Å². The van der Waals surface area contributed by atoms with Crippen molar-refractivity contribution in [3.8, 4) is 0 Å². The van der Waals surface area contributed by atoms with Crippen LogP contribution in [0.25, 0.3) is 0 Å². The lowest BCUT2D eigenvalue weighted by molar-refractivity contribution is -0.385. The first kappa shape index (κ1) is 20.0. The van der Waals surface area contributed by atoms with Gasteiger partial charge in [0, 0.05) is 12.1 Å². The third-order valence-corrected chi connectivity index (χ3v) is 7.17. The molecule has 1 atom stereocenters.